The molecule has 100 valence electrons. The standard InChI is InChI=1S/C16H20N2O/c1-11-8-12(2)16-14(9-11)15(10-13(3)17-16)18-4-6-19-7-5-18/h8-10H,4-7H2,1-3H3. The molecule has 1 saturated heterocycles. The molecule has 0 amide bonds. The summed E-state index contributed by atoms with van der Waals surface area (Å²) in [5, 5.41) is 1.27. The van der Waals surface area contributed by atoms with Crippen LogP contribution in [0.5, 0.6) is 0 Å². The molecule has 2 heterocycles. The van der Waals surface area contributed by atoms with E-state index in [9.17, 15) is 0 Å². The first-order chi connectivity index (χ1) is 9.15. The van der Waals surface area contributed by atoms with Crippen molar-refractivity contribution >= 4 is 16.6 Å². The second-order valence-electron chi connectivity index (χ2n) is 5.36. The highest BCUT2D eigenvalue weighted by molar-refractivity contribution is 5.94. The van der Waals surface area contributed by atoms with Crippen LogP contribution in [-0.2, 0) is 4.74 Å². The summed E-state index contributed by atoms with van der Waals surface area (Å²) in [5.74, 6) is 0. The van der Waals surface area contributed by atoms with Crippen LogP contribution in [0.25, 0.3) is 10.9 Å². The van der Waals surface area contributed by atoms with Crippen LogP contribution in [0.4, 0.5) is 5.69 Å². The molecule has 1 aliphatic heterocycles. The Morgan fingerprint density at radius 3 is 2.53 bits per heavy atom. The van der Waals surface area contributed by atoms with Gasteiger partial charge in [0.25, 0.3) is 0 Å². The second kappa shape index (κ2) is 4.82. The zero-order valence-corrected chi connectivity index (χ0v) is 11.9. The largest absolute Gasteiger partial charge is 0.378 e. The molecular formula is C16H20N2O. The van der Waals surface area contributed by atoms with Crippen molar-refractivity contribution in [3.8, 4) is 0 Å². The summed E-state index contributed by atoms with van der Waals surface area (Å²) in [6.45, 7) is 9.92. The minimum Gasteiger partial charge on any atom is -0.378 e. The van der Waals surface area contributed by atoms with E-state index in [0.29, 0.717) is 0 Å². The van der Waals surface area contributed by atoms with Crippen LogP contribution >= 0.6 is 0 Å². The molecule has 1 fully saturated rings. The minimum atomic E-state index is 0.813. The smallest absolute Gasteiger partial charge is 0.0755 e. The van der Waals surface area contributed by atoms with Gasteiger partial charge in [-0.15, -0.1) is 0 Å². The highest BCUT2D eigenvalue weighted by Gasteiger charge is 2.16. The lowest BCUT2D eigenvalue weighted by Gasteiger charge is -2.30. The Morgan fingerprint density at radius 2 is 1.79 bits per heavy atom. The van der Waals surface area contributed by atoms with E-state index in [1.165, 1.54) is 22.2 Å². The third-order valence-electron chi connectivity index (χ3n) is 3.71. The summed E-state index contributed by atoms with van der Waals surface area (Å²) in [7, 11) is 0. The molecule has 0 aliphatic carbocycles. The third-order valence-corrected chi connectivity index (χ3v) is 3.71. The first-order valence-electron chi connectivity index (χ1n) is 6.86. The SMILES string of the molecule is Cc1cc(C)c2nc(C)cc(N3CCOCC3)c2c1. The molecule has 19 heavy (non-hydrogen) atoms. The maximum absolute atomic E-state index is 5.45. The molecule has 3 heteroatoms. The van der Waals surface area contributed by atoms with Crippen molar-refractivity contribution in [2.75, 3.05) is 31.2 Å². The van der Waals surface area contributed by atoms with Crippen molar-refractivity contribution in [3.63, 3.8) is 0 Å². The summed E-state index contributed by atoms with van der Waals surface area (Å²) in [6.07, 6.45) is 0. The predicted molar refractivity (Wildman–Crippen MR) is 79.0 cm³/mol. The molecule has 0 atom stereocenters. The van der Waals surface area contributed by atoms with Crippen molar-refractivity contribution in [2.45, 2.75) is 20.8 Å². The number of aryl methyl sites for hydroxylation is 3. The molecule has 2 aromatic rings. The first-order valence-corrected chi connectivity index (χ1v) is 6.86. The topological polar surface area (TPSA) is 25.4 Å². The van der Waals surface area contributed by atoms with E-state index in [2.05, 4.69) is 43.9 Å². The average molecular weight is 256 g/mol. The molecular weight excluding hydrogens is 236 g/mol. The van der Waals surface area contributed by atoms with Crippen molar-refractivity contribution in [2.24, 2.45) is 0 Å². The zero-order valence-electron chi connectivity index (χ0n) is 11.9. The second-order valence-corrected chi connectivity index (χ2v) is 5.36. The summed E-state index contributed by atoms with van der Waals surface area (Å²) >= 11 is 0. The highest BCUT2D eigenvalue weighted by atomic mass is 16.5. The van der Waals surface area contributed by atoms with Crippen LogP contribution in [0.2, 0.25) is 0 Å². The Balaban J connectivity index is 2.21. The molecule has 1 aliphatic rings. The number of hydrogen-bond donors (Lipinski definition) is 0. The van der Waals surface area contributed by atoms with E-state index in [1.54, 1.807) is 0 Å². The van der Waals surface area contributed by atoms with E-state index >= 15 is 0 Å². The lowest BCUT2D eigenvalue weighted by molar-refractivity contribution is 0.123. The van der Waals surface area contributed by atoms with E-state index in [1.807, 2.05) is 0 Å². The summed E-state index contributed by atoms with van der Waals surface area (Å²) in [5.41, 5.74) is 6.07. The van der Waals surface area contributed by atoms with Gasteiger partial charge in [0.05, 0.1) is 18.7 Å². The van der Waals surface area contributed by atoms with Gasteiger partial charge in [-0.2, -0.15) is 0 Å². The number of benzene rings is 1. The Kier molecular flexibility index (Phi) is 3.15. The lowest BCUT2D eigenvalue weighted by Crippen LogP contribution is -2.36. The lowest BCUT2D eigenvalue weighted by atomic mass is 10.0. The summed E-state index contributed by atoms with van der Waals surface area (Å²) in [6, 6.07) is 6.66. The minimum absolute atomic E-state index is 0.813. The number of hydrogen-bond acceptors (Lipinski definition) is 3. The Morgan fingerprint density at radius 1 is 1.05 bits per heavy atom. The van der Waals surface area contributed by atoms with E-state index in [-0.39, 0.29) is 0 Å². The summed E-state index contributed by atoms with van der Waals surface area (Å²) < 4.78 is 5.45. The zero-order chi connectivity index (χ0) is 13.4. The van der Waals surface area contributed by atoms with Gasteiger partial charge in [-0.1, -0.05) is 11.6 Å². The Labute approximate surface area is 114 Å². The average Bonchev–Trinajstić information content (AvgIpc) is 2.40. The van der Waals surface area contributed by atoms with Gasteiger partial charge in [0.2, 0.25) is 0 Å². The molecule has 0 spiro atoms. The molecule has 0 radical (unpaired) electrons. The van der Waals surface area contributed by atoms with Gasteiger partial charge in [0, 0.05) is 29.9 Å². The maximum atomic E-state index is 5.45. The molecule has 0 saturated carbocycles. The fourth-order valence-corrected chi connectivity index (χ4v) is 2.85. The number of aromatic nitrogens is 1. The van der Waals surface area contributed by atoms with E-state index in [4.69, 9.17) is 9.72 Å². The van der Waals surface area contributed by atoms with Gasteiger partial charge in [0.15, 0.2) is 0 Å². The number of fused-ring (bicyclic) bond motifs is 1. The van der Waals surface area contributed by atoms with Gasteiger partial charge < -0.3 is 9.64 Å². The van der Waals surface area contributed by atoms with Crippen LogP contribution in [0.3, 0.4) is 0 Å². The highest BCUT2D eigenvalue weighted by Crippen LogP contribution is 2.30. The van der Waals surface area contributed by atoms with Crippen LogP contribution in [-0.4, -0.2) is 31.3 Å². The molecule has 1 aromatic carbocycles. The van der Waals surface area contributed by atoms with Crippen molar-refractivity contribution < 1.29 is 4.74 Å². The van der Waals surface area contributed by atoms with Crippen molar-refractivity contribution in [1.82, 2.24) is 4.98 Å². The van der Waals surface area contributed by atoms with Gasteiger partial charge in [-0.25, -0.2) is 0 Å². The number of ether oxygens (including phenoxy) is 1. The van der Waals surface area contributed by atoms with Gasteiger partial charge in [0.1, 0.15) is 0 Å². The molecule has 0 unspecified atom stereocenters. The molecule has 0 bridgehead atoms. The van der Waals surface area contributed by atoms with Crippen LogP contribution < -0.4 is 4.90 Å². The number of nitrogens with zero attached hydrogens (tertiary/aromatic N) is 2. The van der Waals surface area contributed by atoms with Crippen LogP contribution in [0, 0.1) is 20.8 Å². The number of morpholine rings is 1. The molecule has 3 nitrogen and oxygen atoms in total. The van der Waals surface area contributed by atoms with Gasteiger partial charge in [-0.3, -0.25) is 4.98 Å². The van der Waals surface area contributed by atoms with Crippen molar-refractivity contribution in [1.29, 1.82) is 0 Å². The monoisotopic (exact) mass is 256 g/mol. The Hall–Kier alpha value is -1.61. The third kappa shape index (κ3) is 2.30. The Bertz CT molecular complexity index is 616. The first kappa shape index (κ1) is 12.4. The number of pyridine rings is 1. The molecule has 0 N–H and O–H groups in total. The normalized spacial score (nSPS) is 16.1. The quantitative estimate of drug-likeness (QED) is 0.784. The number of anilines is 1. The van der Waals surface area contributed by atoms with E-state index < -0.39 is 0 Å². The number of rotatable bonds is 1. The van der Waals surface area contributed by atoms with Gasteiger partial charge in [-0.05, 0) is 38.5 Å². The predicted octanol–water partition coefficient (Wildman–Crippen LogP) is 3.00. The van der Waals surface area contributed by atoms with Gasteiger partial charge >= 0.3 is 0 Å². The van der Waals surface area contributed by atoms with Crippen molar-refractivity contribution in [3.05, 3.63) is 35.0 Å². The molecule has 1 aromatic heterocycles. The fourth-order valence-electron chi connectivity index (χ4n) is 2.85. The van der Waals surface area contributed by atoms with Crippen LogP contribution in [0.15, 0.2) is 18.2 Å². The summed E-state index contributed by atoms with van der Waals surface area (Å²) in [4.78, 5) is 7.13. The fraction of sp³-hybridized carbons (Fsp3) is 0.438. The van der Waals surface area contributed by atoms with E-state index in [0.717, 1.165) is 37.5 Å². The molecule has 3 rings (SSSR count). The van der Waals surface area contributed by atoms with Crippen LogP contribution in [0.1, 0.15) is 16.8 Å². The maximum Gasteiger partial charge on any atom is 0.0755 e.